The van der Waals surface area contributed by atoms with E-state index < -0.39 is 0 Å². The van der Waals surface area contributed by atoms with Crippen molar-refractivity contribution in [1.82, 2.24) is 10.3 Å². The lowest BCUT2D eigenvalue weighted by atomic mass is 10.1. The SMILES string of the molecule is CC(=O)N(c1ccccc1)c1nc(/C=C/C(=O)NCc2ccc(COC(C)C)cc2)cs1. The van der Waals surface area contributed by atoms with Gasteiger partial charge in [-0.2, -0.15) is 0 Å². The first-order valence-electron chi connectivity index (χ1n) is 10.4. The predicted molar refractivity (Wildman–Crippen MR) is 129 cm³/mol. The van der Waals surface area contributed by atoms with E-state index in [1.54, 1.807) is 11.0 Å². The number of anilines is 2. The molecule has 0 radical (unpaired) electrons. The summed E-state index contributed by atoms with van der Waals surface area (Å²) in [5.74, 6) is -0.334. The largest absolute Gasteiger partial charge is 0.374 e. The van der Waals surface area contributed by atoms with Gasteiger partial charge in [0.1, 0.15) is 0 Å². The third-order valence-corrected chi connectivity index (χ3v) is 5.35. The molecule has 3 aromatic rings. The van der Waals surface area contributed by atoms with Crippen molar-refractivity contribution in [3.63, 3.8) is 0 Å². The molecule has 0 saturated heterocycles. The zero-order valence-corrected chi connectivity index (χ0v) is 19.3. The molecular weight excluding hydrogens is 422 g/mol. The van der Waals surface area contributed by atoms with E-state index in [0.717, 1.165) is 16.8 Å². The minimum Gasteiger partial charge on any atom is -0.374 e. The molecule has 0 unspecified atom stereocenters. The zero-order chi connectivity index (χ0) is 22.9. The van der Waals surface area contributed by atoms with Crippen molar-refractivity contribution in [2.45, 2.75) is 40.0 Å². The molecule has 0 atom stereocenters. The Morgan fingerprint density at radius 2 is 1.78 bits per heavy atom. The van der Waals surface area contributed by atoms with E-state index in [9.17, 15) is 9.59 Å². The van der Waals surface area contributed by atoms with Crippen LogP contribution >= 0.6 is 11.3 Å². The van der Waals surface area contributed by atoms with Gasteiger partial charge in [-0.1, -0.05) is 42.5 Å². The van der Waals surface area contributed by atoms with Crippen molar-refractivity contribution in [2.75, 3.05) is 4.90 Å². The average molecular weight is 450 g/mol. The number of nitrogens with zero attached hydrogens (tertiary/aromatic N) is 2. The lowest BCUT2D eigenvalue weighted by Crippen LogP contribution is -2.22. The molecule has 1 heterocycles. The third-order valence-electron chi connectivity index (χ3n) is 4.51. The molecular formula is C25H27N3O3S. The van der Waals surface area contributed by atoms with Crippen LogP contribution < -0.4 is 10.2 Å². The fourth-order valence-corrected chi connectivity index (χ4v) is 3.74. The first kappa shape index (κ1) is 23.4. The number of rotatable bonds is 9. The van der Waals surface area contributed by atoms with Gasteiger partial charge in [0, 0.05) is 24.9 Å². The van der Waals surface area contributed by atoms with Crippen molar-refractivity contribution in [1.29, 1.82) is 0 Å². The van der Waals surface area contributed by atoms with Crippen LogP contribution in [0.5, 0.6) is 0 Å². The van der Waals surface area contributed by atoms with Crippen molar-refractivity contribution < 1.29 is 14.3 Å². The summed E-state index contributed by atoms with van der Waals surface area (Å²) in [5.41, 5.74) is 3.49. The number of hydrogen-bond donors (Lipinski definition) is 1. The van der Waals surface area contributed by atoms with Gasteiger partial charge in [0.2, 0.25) is 11.8 Å². The summed E-state index contributed by atoms with van der Waals surface area (Å²) >= 11 is 1.35. The maximum atomic E-state index is 12.2. The van der Waals surface area contributed by atoms with E-state index in [1.165, 1.54) is 24.3 Å². The normalized spacial score (nSPS) is 11.1. The highest BCUT2D eigenvalue weighted by Gasteiger charge is 2.17. The molecule has 0 saturated carbocycles. The Morgan fingerprint density at radius 3 is 2.44 bits per heavy atom. The number of carbonyl (C=O) groups is 2. The Hall–Kier alpha value is -3.29. The third kappa shape index (κ3) is 6.87. The molecule has 2 amide bonds. The van der Waals surface area contributed by atoms with Crippen molar-refractivity contribution in [3.8, 4) is 0 Å². The summed E-state index contributed by atoms with van der Waals surface area (Å²) < 4.78 is 5.59. The van der Waals surface area contributed by atoms with Crippen molar-refractivity contribution in [3.05, 3.63) is 82.9 Å². The van der Waals surface area contributed by atoms with Crippen LogP contribution in [0.4, 0.5) is 10.8 Å². The minimum atomic E-state index is -0.210. The van der Waals surface area contributed by atoms with Gasteiger partial charge in [0.25, 0.3) is 0 Å². The monoisotopic (exact) mass is 449 g/mol. The van der Waals surface area contributed by atoms with Gasteiger partial charge in [-0.15, -0.1) is 11.3 Å². The Balaban J connectivity index is 1.55. The Labute approximate surface area is 192 Å². The molecule has 0 aliphatic heterocycles. The zero-order valence-electron chi connectivity index (χ0n) is 18.4. The maximum absolute atomic E-state index is 12.2. The molecule has 0 fully saturated rings. The molecule has 1 aromatic heterocycles. The molecule has 0 aliphatic rings. The number of amides is 2. The topological polar surface area (TPSA) is 71.5 Å². The predicted octanol–water partition coefficient (Wildman–Crippen LogP) is 5.08. The number of carbonyl (C=O) groups excluding carboxylic acids is 2. The van der Waals surface area contributed by atoms with E-state index in [-0.39, 0.29) is 17.9 Å². The summed E-state index contributed by atoms with van der Waals surface area (Å²) in [6, 6.07) is 17.3. The van der Waals surface area contributed by atoms with Crippen LogP contribution in [-0.2, 0) is 27.5 Å². The number of aromatic nitrogens is 1. The fraction of sp³-hybridized carbons (Fsp3) is 0.240. The number of nitrogens with one attached hydrogen (secondary N) is 1. The smallest absolute Gasteiger partial charge is 0.244 e. The number of hydrogen-bond acceptors (Lipinski definition) is 5. The van der Waals surface area contributed by atoms with Crippen LogP contribution in [0.1, 0.15) is 37.6 Å². The molecule has 6 nitrogen and oxygen atoms in total. The Bertz CT molecular complexity index is 1060. The molecule has 0 bridgehead atoms. The van der Waals surface area contributed by atoms with Crippen LogP contribution in [0.25, 0.3) is 6.08 Å². The van der Waals surface area contributed by atoms with Crippen molar-refractivity contribution >= 4 is 40.0 Å². The molecule has 0 aliphatic carbocycles. The standard InChI is InChI=1S/C25H27N3O3S/c1-18(2)31-16-21-11-9-20(10-12-21)15-26-24(30)14-13-22-17-32-25(27-22)28(19(3)29)23-7-5-4-6-8-23/h4-14,17-18H,15-16H2,1-3H3,(H,26,30)/b14-13+. The van der Waals surface area contributed by atoms with Crippen LogP contribution in [0, 0.1) is 0 Å². The number of benzene rings is 2. The summed E-state index contributed by atoms with van der Waals surface area (Å²) in [5, 5.41) is 5.24. The highest BCUT2D eigenvalue weighted by atomic mass is 32.1. The van der Waals surface area contributed by atoms with E-state index in [0.29, 0.717) is 24.0 Å². The highest BCUT2D eigenvalue weighted by Crippen LogP contribution is 2.28. The lowest BCUT2D eigenvalue weighted by molar-refractivity contribution is -0.117. The van der Waals surface area contributed by atoms with Gasteiger partial charge in [-0.3, -0.25) is 14.5 Å². The summed E-state index contributed by atoms with van der Waals surface area (Å²) in [6.07, 6.45) is 3.29. The summed E-state index contributed by atoms with van der Waals surface area (Å²) in [7, 11) is 0. The summed E-state index contributed by atoms with van der Waals surface area (Å²) in [6.45, 7) is 6.52. The molecule has 7 heteroatoms. The highest BCUT2D eigenvalue weighted by molar-refractivity contribution is 7.14. The van der Waals surface area contributed by atoms with Crippen LogP contribution in [0.15, 0.2) is 66.1 Å². The van der Waals surface area contributed by atoms with Gasteiger partial charge in [0.05, 0.1) is 24.1 Å². The number of para-hydroxylation sites is 1. The van der Waals surface area contributed by atoms with Gasteiger partial charge in [-0.25, -0.2) is 4.98 Å². The summed E-state index contributed by atoms with van der Waals surface area (Å²) in [4.78, 5) is 30.4. The van der Waals surface area contributed by atoms with Crippen LogP contribution in [-0.4, -0.2) is 22.9 Å². The Kier molecular flexibility index (Phi) is 8.30. The lowest BCUT2D eigenvalue weighted by Gasteiger charge is -2.17. The molecule has 0 spiro atoms. The average Bonchev–Trinajstić information content (AvgIpc) is 3.24. The van der Waals surface area contributed by atoms with Crippen LogP contribution in [0.2, 0.25) is 0 Å². The molecule has 2 aromatic carbocycles. The Morgan fingerprint density at radius 1 is 1.09 bits per heavy atom. The molecule has 32 heavy (non-hydrogen) atoms. The minimum absolute atomic E-state index is 0.124. The first-order chi connectivity index (χ1) is 15.4. The number of ether oxygens (including phenoxy) is 1. The second kappa shape index (κ2) is 11.4. The van der Waals surface area contributed by atoms with Crippen molar-refractivity contribution in [2.24, 2.45) is 0 Å². The van der Waals surface area contributed by atoms with E-state index >= 15 is 0 Å². The van der Waals surface area contributed by atoms with Gasteiger partial charge >= 0.3 is 0 Å². The molecule has 3 rings (SSSR count). The number of thiazole rings is 1. The molecule has 1 N–H and O–H groups in total. The van der Waals surface area contributed by atoms with E-state index in [4.69, 9.17) is 4.74 Å². The van der Waals surface area contributed by atoms with Gasteiger partial charge in [-0.05, 0) is 43.2 Å². The van der Waals surface area contributed by atoms with E-state index in [1.807, 2.05) is 73.8 Å². The van der Waals surface area contributed by atoms with Gasteiger partial charge < -0.3 is 10.1 Å². The molecule has 166 valence electrons. The quantitative estimate of drug-likeness (QED) is 0.462. The first-order valence-corrected chi connectivity index (χ1v) is 11.3. The fourth-order valence-electron chi connectivity index (χ4n) is 2.88. The maximum Gasteiger partial charge on any atom is 0.244 e. The second-order valence-electron chi connectivity index (χ2n) is 7.47. The van der Waals surface area contributed by atoms with E-state index in [2.05, 4.69) is 10.3 Å². The van der Waals surface area contributed by atoms with Gasteiger partial charge in [0.15, 0.2) is 5.13 Å². The second-order valence-corrected chi connectivity index (χ2v) is 8.31. The van der Waals surface area contributed by atoms with Crippen LogP contribution in [0.3, 0.4) is 0 Å².